The molecule has 1 aromatic carbocycles. The Kier molecular flexibility index (Phi) is 2.10. The molecule has 70 valence electrons. The molecule has 3 nitrogen and oxygen atoms in total. The molecule has 0 spiro atoms. The molecule has 1 aromatic rings. The minimum Gasteiger partial charge on any atom is -0.508 e. The predicted octanol–water partition coefficient (Wildman–Crippen LogP) is 1.18. The van der Waals surface area contributed by atoms with Crippen molar-refractivity contribution in [2.45, 2.75) is 13.5 Å². The van der Waals surface area contributed by atoms with E-state index < -0.39 is 0 Å². The van der Waals surface area contributed by atoms with E-state index in [1.807, 2.05) is 13.0 Å². The van der Waals surface area contributed by atoms with Gasteiger partial charge in [0.15, 0.2) is 0 Å². The summed E-state index contributed by atoms with van der Waals surface area (Å²) in [4.78, 5) is 0. The molecule has 0 amide bonds. The topological polar surface area (TPSA) is 41.5 Å². The third kappa shape index (κ3) is 1.47. The largest absolute Gasteiger partial charge is 0.508 e. The number of phenols is 1. The minimum atomic E-state index is 0.306. The number of rotatable bonds is 0. The summed E-state index contributed by atoms with van der Waals surface area (Å²) in [6.07, 6.45) is 0. The van der Waals surface area contributed by atoms with Crippen molar-refractivity contribution in [3.05, 3.63) is 23.3 Å². The van der Waals surface area contributed by atoms with Gasteiger partial charge in [-0.05, 0) is 13.0 Å². The summed E-state index contributed by atoms with van der Waals surface area (Å²) in [7, 11) is 0. The molecule has 0 aliphatic carbocycles. The van der Waals surface area contributed by atoms with Crippen LogP contribution in [0, 0.1) is 6.92 Å². The number of aromatic hydroxyl groups is 1. The lowest BCUT2D eigenvalue weighted by molar-refractivity contribution is 0.321. The van der Waals surface area contributed by atoms with Crippen LogP contribution < -0.4 is 10.1 Å². The summed E-state index contributed by atoms with van der Waals surface area (Å²) in [6, 6.07) is 3.61. The van der Waals surface area contributed by atoms with Gasteiger partial charge in [-0.3, -0.25) is 0 Å². The normalized spacial score (nSPS) is 15.8. The molecule has 0 saturated heterocycles. The molecule has 0 radical (unpaired) electrons. The van der Waals surface area contributed by atoms with E-state index in [0.29, 0.717) is 12.4 Å². The summed E-state index contributed by atoms with van der Waals surface area (Å²) in [5, 5.41) is 12.7. The molecule has 2 rings (SSSR count). The first-order valence-electron chi connectivity index (χ1n) is 4.44. The van der Waals surface area contributed by atoms with Crippen LogP contribution in [0.25, 0.3) is 0 Å². The van der Waals surface area contributed by atoms with E-state index in [4.69, 9.17) is 4.74 Å². The van der Waals surface area contributed by atoms with Crippen LogP contribution in [-0.2, 0) is 6.54 Å². The molecule has 0 unspecified atom stereocenters. The van der Waals surface area contributed by atoms with Gasteiger partial charge in [-0.15, -0.1) is 0 Å². The van der Waals surface area contributed by atoms with Crippen molar-refractivity contribution in [2.75, 3.05) is 13.2 Å². The lowest BCUT2D eigenvalue weighted by Gasteiger charge is -2.10. The van der Waals surface area contributed by atoms with Crippen molar-refractivity contribution in [3.63, 3.8) is 0 Å². The Morgan fingerprint density at radius 2 is 2.31 bits per heavy atom. The van der Waals surface area contributed by atoms with Gasteiger partial charge in [0.1, 0.15) is 18.1 Å². The van der Waals surface area contributed by atoms with Crippen LogP contribution in [0.4, 0.5) is 0 Å². The molecule has 0 atom stereocenters. The average Bonchev–Trinajstić information content (AvgIpc) is 2.36. The fraction of sp³-hybridized carbons (Fsp3) is 0.400. The van der Waals surface area contributed by atoms with Crippen LogP contribution in [-0.4, -0.2) is 18.3 Å². The monoisotopic (exact) mass is 179 g/mol. The predicted molar refractivity (Wildman–Crippen MR) is 50.0 cm³/mol. The molecule has 1 aliphatic rings. The van der Waals surface area contributed by atoms with Crippen LogP contribution in [0.1, 0.15) is 11.1 Å². The van der Waals surface area contributed by atoms with E-state index >= 15 is 0 Å². The van der Waals surface area contributed by atoms with Gasteiger partial charge in [0.2, 0.25) is 0 Å². The number of phenolic OH excluding ortho intramolecular Hbond substituents is 1. The number of hydrogen-bond acceptors (Lipinski definition) is 3. The van der Waals surface area contributed by atoms with Gasteiger partial charge in [0.05, 0.1) is 0 Å². The molecule has 2 N–H and O–H groups in total. The SMILES string of the molecule is Cc1c(O)ccc2c1OCCNC2. The molecule has 1 aliphatic heterocycles. The van der Waals surface area contributed by atoms with Crippen LogP contribution in [0.5, 0.6) is 11.5 Å². The molecule has 13 heavy (non-hydrogen) atoms. The Bertz CT molecular complexity index is 323. The van der Waals surface area contributed by atoms with Gasteiger partial charge in [-0.25, -0.2) is 0 Å². The highest BCUT2D eigenvalue weighted by atomic mass is 16.5. The number of hydrogen-bond donors (Lipinski definition) is 2. The molecule has 0 aromatic heterocycles. The quantitative estimate of drug-likeness (QED) is 0.628. The van der Waals surface area contributed by atoms with Crippen molar-refractivity contribution >= 4 is 0 Å². The highest BCUT2D eigenvalue weighted by Gasteiger charge is 2.12. The van der Waals surface area contributed by atoms with Crippen molar-refractivity contribution in [1.29, 1.82) is 0 Å². The van der Waals surface area contributed by atoms with Crippen LogP contribution >= 0.6 is 0 Å². The Hall–Kier alpha value is -1.22. The maximum atomic E-state index is 9.47. The first-order valence-corrected chi connectivity index (χ1v) is 4.44. The van der Waals surface area contributed by atoms with Gasteiger partial charge >= 0.3 is 0 Å². The zero-order valence-electron chi connectivity index (χ0n) is 7.63. The zero-order chi connectivity index (χ0) is 9.26. The summed E-state index contributed by atoms with van der Waals surface area (Å²) >= 11 is 0. The maximum absolute atomic E-state index is 9.47. The van der Waals surface area contributed by atoms with Gasteiger partial charge in [0, 0.05) is 24.2 Å². The maximum Gasteiger partial charge on any atom is 0.130 e. The molecule has 0 bridgehead atoms. The number of benzene rings is 1. The van der Waals surface area contributed by atoms with Gasteiger partial charge < -0.3 is 15.2 Å². The third-order valence-corrected chi connectivity index (χ3v) is 2.30. The Labute approximate surface area is 77.3 Å². The number of fused-ring (bicyclic) bond motifs is 1. The lowest BCUT2D eigenvalue weighted by atomic mass is 10.1. The van der Waals surface area contributed by atoms with Crippen LogP contribution in [0.3, 0.4) is 0 Å². The average molecular weight is 179 g/mol. The fourth-order valence-electron chi connectivity index (χ4n) is 1.53. The van der Waals surface area contributed by atoms with Crippen molar-refractivity contribution in [1.82, 2.24) is 5.32 Å². The smallest absolute Gasteiger partial charge is 0.130 e. The second kappa shape index (κ2) is 3.26. The van der Waals surface area contributed by atoms with Gasteiger partial charge in [-0.2, -0.15) is 0 Å². The summed E-state index contributed by atoms with van der Waals surface area (Å²) in [6.45, 7) is 4.21. The molecule has 0 fully saturated rings. The second-order valence-corrected chi connectivity index (χ2v) is 3.22. The second-order valence-electron chi connectivity index (χ2n) is 3.22. The van der Waals surface area contributed by atoms with E-state index in [1.165, 1.54) is 0 Å². The molecule has 1 heterocycles. The zero-order valence-corrected chi connectivity index (χ0v) is 7.63. The standard InChI is InChI=1S/C10H13NO2/c1-7-9(12)3-2-8-6-11-4-5-13-10(7)8/h2-3,11-12H,4-6H2,1H3. The lowest BCUT2D eigenvalue weighted by Crippen LogP contribution is -2.16. The van der Waals surface area contributed by atoms with E-state index in [1.54, 1.807) is 6.07 Å². The van der Waals surface area contributed by atoms with E-state index in [-0.39, 0.29) is 0 Å². The summed E-state index contributed by atoms with van der Waals surface area (Å²) in [5.74, 6) is 1.14. The highest BCUT2D eigenvalue weighted by Crippen LogP contribution is 2.31. The minimum absolute atomic E-state index is 0.306. The van der Waals surface area contributed by atoms with Crippen molar-refractivity contribution < 1.29 is 9.84 Å². The Morgan fingerprint density at radius 3 is 3.15 bits per heavy atom. The van der Waals surface area contributed by atoms with E-state index in [2.05, 4.69) is 5.32 Å². The molecular formula is C10H13NO2. The summed E-state index contributed by atoms with van der Waals surface area (Å²) in [5.41, 5.74) is 1.95. The first-order chi connectivity index (χ1) is 6.29. The first kappa shape index (κ1) is 8.38. The van der Waals surface area contributed by atoms with Crippen LogP contribution in [0.2, 0.25) is 0 Å². The molecular weight excluding hydrogens is 166 g/mol. The van der Waals surface area contributed by atoms with Crippen molar-refractivity contribution in [3.8, 4) is 11.5 Å². The van der Waals surface area contributed by atoms with Gasteiger partial charge in [-0.1, -0.05) is 6.07 Å². The fourth-order valence-corrected chi connectivity index (χ4v) is 1.53. The Morgan fingerprint density at radius 1 is 1.46 bits per heavy atom. The molecule has 0 saturated carbocycles. The number of nitrogens with one attached hydrogen (secondary N) is 1. The third-order valence-electron chi connectivity index (χ3n) is 2.30. The van der Waals surface area contributed by atoms with Gasteiger partial charge in [0.25, 0.3) is 0 Å². The molecule has 3 heteroatoms. The van der Waals surface area contributed by atoms with E-state index in [9.17, 15) is 5.11 Å². The Balaban J connectivity index is 2.48. The van der Waals surface area contributed by atoms with E-state index in [0.717, 1.165) is 30.0 Å². The summed E-state index contributed by atoms with van der Waals surface area (Å²) < 4.78 is 5.54. The van der Waals surface area contributed by atoms with Crippen LogP contribution in [0.15, 0.2) is 12.1 Å². The van der Waals surface area contributed by atoms with Crippen molar-refractivity contribution in [2.24, 2.45) is 0 Å². The highest BCUT2D eigenvalue weighted by molar-refractivity contribution is 5.48. The number of ether oxygens (including phenoxy) is 1.